The molecule has 2 amide bonds. The molecular formula is C23H25N3O4. The fourth-order valence-corrected chi connectivity index (χ4v) is 3.22. The Morgan fingerprint density at radius 1 is 1.07 bits per heavy atom. The number of ether oxygens (including phenoxy) is 1. The van der Waals surface area contributed by atoms with Crippen LogP contribution in [0.15, 0.2) is 65.8 Å². The zero-order valence-corrected chi connectivity index (χ0v) is 16.9. The average Bonchev–Trinajstić information content (AvgIpc) is 2.78. The van der Waals surface area contributed by atoms with Crippen LogP contribution < -0.4 is 10.3 Å². The molecule has 1 heterocycles. The van der Waals surface area contributed by atoms with Crippen molar-refractivity contribution in [3.05, 3.63) is 66.2 Å². The van der Waals surface area contributed by atoms with Gasteiger partial charge in [0.25, 0.3) is 5.91 Å². The third-order valence-corrected chi connectivity index (χ3v) is 4.72. The molecule has 7 heteroatoms. The number of esters is 1. The summed E-state index contributed by atoms with van der Waals surface area (Å²) in [6.45, 7) is 1.65. The number of carbonyl (C=O) groups excluding carboxylic acids is 3. The van der Waals surface area contributed by atoms with Gasteiger partial charge in [0.2, 0.25) is 5.91 Å². The Hall–Kier alpha value is -3.48. The van der Waals surface area contributed by atoms with E-state index in [9.17, 15) is 14.4 Å². The number of hydrogen-bond acceptors (Lipinski definition) is 5. The third-order valence-electron chi connectivity index (χ3n) is 4.72. The number of hydrazone groups is 1. The molecule has 2 aromatic rings. The number of hydrogen-bond donors (Lipinski definition) is 1. The number of benzene rings is 2. The summed E-state index contributed by atoms with van der Waals surface area (Å²) in [5, 5.41) is 8.26. The first-order valence-corrected chi connectivity index (χ1v) is 10.1. The highest BCUT2D eigenvalue weighted by Crippen LogP contribution is 2.20. The molecule has 0 aromatic heterocycles. The van der Waals surface area contributed by atoms with Gasteiger partial charge in [-0.1, -0.05) is 61.9 Å². The molecule has 0 unspecified atom stereocenters. The Labute approximate surface area is 175 Å². The summed E-state index contributed by atoms with van der Waals surface area (Å²) >= 11 is 0. The van der Waals surface area contributed by atoms with Gasteiger partial charge in [-0.15, -0.1) is 0 Å². The summed E-state index contributed by atoms with van der Waals surface area (Å²) in [5.41, 5.74) is 1.71. The second-order valence-electron chi connectivity index (χ2n) is 6.98. The number of carbonyl (C=O) groups is 3. The van der Waals surface area contributed by atoms with Crippen LogP contribution in [0.4, 0.5) is 5.69 Å². The molecule has 7 nitrogen and oxygen atoms in total. The van der Waals surface area contributed by atoms with Gasteiger partial charge in [0.15, 0.2) is 6.61 Å². The van der Waals surface area contributed by atoms with Gasteiger partial charge in [0.05, 0.1) is 11.7 Å². The molecule has 1 N–H and O–H groups in total. The fraction of sp³-hybridized carbons (Fsp3) is 0.304. The van der Waals surface area contributed by atoms with Crippen molar-refractivity contribution in [3.63, 3.8) is 0 Å². The molecule has 1 aliphatic rings. The van der Waals surface area contributed by atoms with E-state index in [4.69, 9.17) is 4.74 Å². The quantitative estimate of drug-likeness (QED) is 0.680. The van der Waals surface area contributed by atoms with E-state index in [1.54, 1.807) is 24.3 Å². The van der Waals surface area contributed by atoms with Crippen molar-refractivity contribution >= 4 is 29.2 Å². The monoisotopic (exact) mass is 407 g/mol. The van der Waals surface area contributed by atoms with Crippen molar-refractivity contribution in [2.45, 2.75) is 38.6 Å². The van der Waals surface area contributed by atoms with Crippen LogP contribution in [0.1, 0.15) is 44.2 Å². The van der Waals surface area contributed by atoms with Gasteiger partial charge in [0.1, 0.15) is 5.71 Å². The van der Waals surface area contributed by atoms with E-state index in [-0.39, 0.29) is 36.4 Å². The standard InChI is InChI=1S/C23H25N3O4/c1-2-9-19(17-10-5-3-6-11-17)24-21(27)16-30-23(29)20-14-15-22(28)26(25-20)18-12-7-4-8-13-18/h3-8,10-13,19H,2,9,14-16H2,1H3,(H,24,27)/t19-/m1/s1. The van der Waals surface area contributed by atoms with Crippen LogP contribution in [0.5, 0.6) is 0 Å². The molecule has 0 saturated carbocycles. The topological polar surface area (TPSA) is 88.1 Å². The minimum atomic E-state index is -0.690. The van der Waals surface area contributed by atoms with E-state index in [0.717, 1.165) is 18.4 Å². The first-order valence-electron chi connectivity index (χ1n) is 10.1. The molecule has 156 valence electrons. The van der Waals surface area contributed by atoms with Crippen molar-refractivity contribution in [1.29, 1.82) is 0 Å². The SMILES string of the molecule is CCC[C@@H](NC(=O)COC(=O)C1=NN(c2ccccc2)C(=O)CC1)c1ccccc1. The van der Waals surface area contributed by atoms with Gasteiger partial charge in [-0.05, 0) is 24.1 Å². The van der Waals surface area contributed by atoms with Crippen molar-refractivity contribution < 1.29 is 19.1 Å². The maximum Gasteiger partial charge on any atom is 0.355 e. The van der Waals surface area contributed by atoms with Crippen LogP contribution >= 0.6 is 0 Å². The van der Waals surface area contributed by atoms with Crippen molar-refractivity contribution in [3.8, 4) is 0 Å². The third kappa shape index (κ3) is 5.53. The lowest BCUT2D eigenvalue weighted by Crippen LogP contribution is -2.37. The predicted molar refractivity (Wildman–Crippen MR) is 114 cm³/mol. The second kappa shape index (κ2) is 10.3. The first-order chi connectivity index (χ1) is 14.6. The van der Waals surface area contributed by atoms with Crippen LogP contribution in [0.2, 0.25) is 0 Å². The molecular weight excluding hydrogens is 382 g/mol. The van der Waals surface area contributed by atoms with Crippen LogP contribution in [0.25, 0.3) is 0 Å². The number of anilines is 1. The molecule has 1 aliphatic heterocycles. The number of nitrogens with zero attached hydrogens (tertiary/aromatic N) is 2. The maximum atomic E-state index is 12.4. The van der Waals surface area contributed by atoms with Crippen LogP contribution in [0.3, 0.4) is 0 Å². The maximum absolute atomic E-state index is 12.4. The Balaban J connectivity index is 1.59. The lowest BCUT2D eigenvalue weighted by atomic mass is 10.0. The molecule has 30 heavy (non-hydrogen) atoms. The molecule has 0 saturated heterocycles. The van der Waals surface area contributed by atoms with Crippen LogP contribution in [-0.4, -0.2) is 30.1 Å². The van der Waals surface area contributed by atoms with Gasteiger partial charge in [-0.2, -0.15) is 5.10 Å². The summed E-state index contributed by atoms with van der Waals surface area (Å²) in [7, 11) is 0. The Bertz CT molecular complexity index is 913. The number of nitrogens with one attached hydrogen (secondary N) is 1. The predicted octanol–water partition coefficient (Wildman–Crippen LogP) is 3.37. The summed E-state index contributed by atoms with van der Waals surface area (Å²) < 4.78 is 5.16. The van der Waals surface area contributed by atoms with Crippen LogP contribution in [0, 0.1) is 0 Å². The van der Waals surface area contributed by atoms with E-state index in [0.29, 0.717) is 5.69 Å². The largest absolute Gasteiger partial charge is 0.451 e. The van der Waals surface area contributed by atoms with Gasteiger partial charge < -0.3 is 10.1 Å². The molecule has 2 aromatic carbocycles. The van der Waals surface area contributed by atoms with E-state index in [1.807, 2.05) is 43.3 Å². The zero-order valence-electron chi connectivity index (χ0n) is 16.9. The molecule has 0 aliphatic carbocycles. The Kier molecular flexibility index (Phi) is 7.32. The Morgan fingerprint density at radius 3 is 2.40 bits per heavy atom. The summed E-state index contributed by atoms with van der Waals surface area (Å²) in [6.07, 6.45) is 2.02. The second-order valence-corrected chi connectivity index (χ2v) is 6.98. The number of amides is 2. The van der Waals surface area contributed by atoms with Gasteiger partial charge in [0, 0.05) is 12.8 Å². The van der Waals surface area contributed by atoms with Gasteiger partial charge in [-0.25, -0.2) is 9.80 Å². The molecule has 0 spiro atoms. The number of para-hydroxylation sites is 1. The highest BCUT2D eigenvalue weighted by molar-refractivity contribution is 6.38. The minimum Gasteiger partial charge on any atom is -0.451 e. The molecule has 3 rings (SSSR count). The van der Waals surface area contributed by atoms with Crippen molar-refractivity contribution in [2.24, 2.45) is 5.10 Å². The molecule has 0 bridgehead atoms. The van der Waals surface area contributed by atoms with Crippen molar-refractivity contribution in [2.75, 3.05) is 11.6 Å². The summed E-state index contributed by atoms with van der Waals surface area (Å²) in [6, 6.07) is 18.4. The Morgan fingerprint density at radius 2 is 1.73 bits per heavy atom. The average molecular weight is 407 g/mol. The summed E-state index contributed by atoms with van der Waals surface area (Å²) in [4.78, 5) is 36.9. The van der Waals surface area contributed by atoms with E-state index >= 15 is 0 Å². The molecule has 0 radical (unpaired) electrons. The highest BCUT2D eigenvalue weighted by Gasteiger charge is 2.27. The van der Waals surface area contributed by atoms with E-state index < -0.39 is 12.6 Å². The summed E-state index contributed by atoms with van der Waals surface area (Å²) in [5.74, 6) is -1.26. The first kappa shape index (κ1) is 21.2. The van der Waals surface area contributed by atoms with Crippen molar-refractivity contribution in [1.82, 2.24) is 5.32 Å². The van der Waals surface area contributed by atoms with E-state index in [2.05, 4.69) is 10.4 Å². The zero-order chi connectivity index (χ0) is 21.3. The van der Waals surface area contributed by atoms with Gasteiger partial charge >= 0.3 is 5.97 Å². The fourth-order valence-electron chi connectivity index (χ4n) is 3.22. The lowest BCUT2D eigenvalue weighted by Gasteiger charge is -2.23. The van der Waals surface area contributed by atoms with Crippen LogP contribution in [-0.2, 0) is 19.1 Å². The highest BCUT2D eigenvalue weighted by atomic mass is 16.5. The normalized spacial score (nSPS) is 14.6. The molecule has 0 fully saturated rings. The van der Waals surface area contributed by atoms with Gasteiger partial charge in [-0.3, -0.25) is 9.59 Å². The van der Waals surface area contributed by atoms with E-state index in [1.165, 1.54) is 5.01 Å². The lowest BCUT2D eigenvalue weighted by molar-refractivity contribution is -0.142. The molecule has 1 atom stereocenters. The number of rotatable bonds is 8. The minimum absolute atomic E-state index is 0.124. The smallest absolute Gasteiger partial charge is 0.355 e.